The highest BCUT2D eigenvalue weighted by Gasteiger charge is 2.35. The smallest absolute Gasteiger partial charge is 0.331 e. The average Bonchev–Trinajstić information content (AvgIpc) is 2.93. The van der Waals surface area contributed by atoms with Crippen molar-refractivity contribution in [1.82, 2.24) is 9.55 Å². The summed E-state index contributed by atoms with van der Waals surface area (Å²) in [6.07, 6.45) is 0. The maximum Gasteiger partial charge on any atom is 0.331 e. The van der Waals surface area contributed by atoms with E-state index in [2.05, 4.69) is 31.0 Å². The van der Waals surface area contributed by atoms with Crippen molar-refractivity contribution in [2.24, 2.45) is 0 Å². The molecule has 3 aromatic rings. The molecular formula is C22H26N2O3S. The lowest BCUT2D eigenvalue weighted by atomic mass is 9.98. The maximum absolute atomic E-state index is 13.6. The lowest BCUT2D eigenvalue weighted by Crippen LogP contribution is -2.45. The Bertz CT molecular complexity index is 1140. The van der Waals surface area contributed by atoms with Gasteiger partial charge in [-0.2, -0.15) is 0 Å². The van der Waals surface area contributed by atoms with Crippen molar-refractivity contribution < 1.29 is 9.53 Å². The Hall–Kier alpha value is -2.47. The standard InChI is InChI=1S/C22H26N2O3S/c1-8-27-21(26)22(6,7)24-15(5)23-19-18(20(24)25)17(14(4)28-19)16-10-9-12(2)13(3)11-16/h9-11H,8H2,1-7H3. The number of rotatable bonds is 4. The first-order valence-electron chi connectivity index (χ1n) is 9.37. The lowest BCUT2D eigenvalue weighted by Gasteiger charge is -2.26. The molecule has 0 fully saturated rings. The van der Waals surface area contributed by atoms with Gasteiger partial charge in [0.25, 0.3) is 5.56 Å². The number of aromatic nitrogens is 2. The molecule has 0 unspecified atom stereocenters. The van der Waals surface area contributed by atoms with E-state index in [1.807, 2.05) is 13.0 Å². The highest BCUT2D eigenvalue weighted by Crippen LogP contribution is 2.37. The third-order valence-electron chi connectivity index (χ3n) is 5.20. The molecule has 0 bridgehead atoms. The van der Waals surface area contributed by atoms with Gasteiger partial charge >= 0.3 is 5.97 Å². The summed E-state index contributed by atoms with van der Waals surface area (Å²) in [6, 6.07) is 6.21. The second-order valence-corrected chi connectivity index (χ2v) is 8.79. The minimum Gasteiger partial charge on any atom is -0.464 e. The van der Waals surface area contributed by atoms with E-state index in [4.69, 9.17) is 4.74 Å². The fraction of sp³-hybridized carbons (Fsp3) is 0.409. The quantitative estimate of drug-likeness (QED) is 0.600. The summed E-state index contributed by atoms with van der Waals surface area (Å²) in [4.78, 5) is 32.5. The van der Waals surface area contributed by atoms with E-state index >= 15 is 0 Å². The molecule has 0 aliphatic heterocycles. The minimum absolute atomic E-state index is 0.210. The largest absolute Gasteiger partial charge is 0.464 e. The molecule has 2 aromatic heterocycles. The summed E-state index contributed by atoms with van der Waals surface area (Å²) in [7, 11) is 0. The van der Waals surface area contributed by atoms with E-state index in [1.54, 1.807) is 27.7 Å². The Morgan fingerprint density at radius 3 is 2.46 bits per heavy atom. The Balaban J connectivity index is 2.35. The number of hydrogen-bond acceptors (Lipinski definition) is 5. The Morgan fingerprint density at radius 1 is 1.18 bits per heavy atom. The number of aryl methyl sites for hydroxylation is 4. The number of thiophene rings is 1. The third kappa shape index (κ3) is 3.15. The molecule has 0 radical (unpaired) electrons. The highest BCUT2D eigenvalue weighted by atomic mass is 32.1. The SMILES string of the molecule is CCOC(=O)C(C)(C)n1c(C)nc2sc(C)c(-c3ccc(C)c(C)c3)c2c1=O. The molecule has 0 saturated heterocycles. The monoisotopic (exact) mass is 398 g/mol. The Morgan fingerprint density at radius 2 is 1.86 bits per heavy atom. The maximum atomic E-state index is 13.6. The van der Waals surface area contributed by atoms with Gasteiger partial charge in [-0.25, -0.2) is 9.78 Å². The van der Waals surface area contributed by atoms with Crippen molar-refractivity contribution in [3.05, 3.63) is 50.4 Å². The van der Waals surface area contributed by atoms with Gasteiger partial charge in [0.2, 0.25) is 0 Å². The third-order valence-corrected chi connectivity index (χ3v) is 6.20. The fourth-order valence-electron chi connectivity index (χ4n) is 3.56. The molecule has 3 rings (SSSR count). The number of esters is 1. The van der Waals surface area contributed by atoms with Crippen LogP contribution >= 0.6 is 11.3 Å². The number of hydrogen-bond donors (Lipinski definition) is 0. The molecule has 0 aliphatic carbocycles. The average molecular weight is 399 g/mol. The zero-order valence-corrected chi connectivity index (χ0v) is 18.3. The van der Waals surface area contributed by atoms with E-state index in [0.29, 0.717) is 16.0 Å². The van der Waals surface area contributed by atoms with E-state index in [-0.39, 0.29) is 12.2 Å². The van der Waals surface area contributed by atoms with Crippen molar-refractivity contribution in [2.45, 2.75) is 54.0 Å². The van der Waals surface area contributed by atoms with Crippen LogP contribution < -0.4 is 5.56 Å². The number of carbonyl (C=O) groups is 1. The van der Waals surface area contributed by atoms with Crippen LogP contribution in [0.2, 0.25) is 0 Å². The highest BCUT2D eigenvalue weighted by molar-refractivity contribution is 7.19. The van der Waals surface area contributed by atoms with Crippen molar-refractivity contribution in [1.29, 1.82) is 0 Å². The lowest BCUT2D eigenvalue weighted by molar-refractivity contribution is -0.152. The summed E-state index contributed by atoms with van der Waals surface area (Å²) in [5, 5.41) is 0.564. The second kappa shape index (κ2) is 7.17. The topological polar surface area (TPSA) is 61.2 Å². The summed E-state index contributed by atoms with van der Waals surface area (Å²) < 4.78 is 6.67. The van der Waals surface area contributed by atoms with Gasteiger partial charge in [-0.1, -0.05) is 18.2 Å². The Kier molecular flexibility index (Phi) is 5.19. The van der Waals surface area contributed by atoms with Crippen LogP contribution in [0.5, 0.6) is 0 Å². The van der Waals surface area contributed by atoms with Crippen molar-refractivity contribution in [2.75, 3.05) is 6.61 Å². The predicted octanol–water partition coefficient (Wildman–Crippen LogP) is 4.66. The molecule has 0 aliphatic rings. The molecule has 5 nitrogen and oxygen atoms in total. The zero-order chi connectivity index (χ0) is 20.8. The fourth-order valence-corrected chi connectivity index (χ4v) is 4.65. The number of ether oxygens (including phenoxy) is 1. The number of nitrogens with zero attached hydrogens (tertiary/aromatic N) is 2. The van der Waals surface area contributed by atoms with E-state index in [9.17, 15) is 9.59 Å². The first-order chi connectivity index (χ1) is 13.1. The number of benzene rings is 1. The first-order valence-corrected chi connectivity index (χ1v) is 10.2. The summed E-state index contributed by atoms with van der Waals surface area (Å²) in [6.45, 7) is 13.3. The number of fused-ring (bicyclic) bond motifs is 1. The van der Waals surface area contributed by atoms with E-state index in [0.717, 1.165) is 16.0 Å². The minimum atomic E-state index is -1.14. The van der Waals surface area contributed by atoms with Gasteiger partial charge in [-0.05, 0) is 65.2 Å². The van der Waals surface area contributed by atoms with Gasteiger partial charge in [-0.3, -0.25) is 9.36 Å². The summed E-state index contributed by atoms with van der Waals surface area (Å²) in [5.41, 5.74) is 2.91. The zero-order valence-electron chi connectivity index (χ0n) is 17.5. The van der Waals surface area contributed by atoms with E-state index < -0.39 is 11.5 Å². The molecule has 0 amide bonds. The number of carbonyl (C=O) groups excluding carboxylic acids is 1. The van der Waals surface area contributed by atoms with Gasteiger partial charge in [-0.15, -0.1) is 11.3 Å². The molecule has 0 spiro atoms. The van der Waals surface area contributed by atoms with Gasteiger partial charge in [0, 0.05) is 10.4 Å². The van der Waals surface area contributed by atoms with Gasteiger partial charge in [0.15, 0.2) is 0 Å². The molecule has 2 heterocycles. The van der Waals surface area contributed by atoms with Gasteiger partial charge < -0.3 is 4.74 Å². The molecular weight excluding hydrogens is 372 g/mol. The molecule has 0 saturated carbocycles. The van der Waals surface area contributed by atoms with Crippen LogP contribution in [-0.2, 0) is 15.1 Å². The summed E-state index contributed by atoms with van der Waals surface area (Å²) in [5.74, 6) is 0.0597. The van der Waals surface area contributed by atoms with Crippen LogP contribution in [0, 0.1) is 27.7 Å². The molecule has 28 heavy (non-hydrogen) atoms. The first kappa shape index (κ1) is 20.3. The van der Waals surface area contributed by atoms with E-state index in [1.165, 1.54) is 27.0 Å². The summed E-state index contributed by atoms with van der Waals surface area (Å²) >= 11 is 1.51. The second-order valence-electron chi connectivity index (χ2n) is 7.59. The van der Waals surface area contributed by atoms with Gasteiger partial charge in [0.05, 0.1) is 12.0 Å². The van der Waals surface area contributed by atoms with Crippen molar-refractivity contribution in [3.63, 3.8) is 0 Å². The molecule has 148 valence electrons. The van der Waals surface area contributed by atoms with Crippen LogP contribution in [0.15, 0.2) is 23.0 Å². The van der Waals surface area contributed by atoms with Gasteiger partial charge in [0.1, 0.15) is 16.2 Å². The molecule has 0 N–H and O–H groups in total. The molecule has 0 atom stereocenters. The Labute approximate surface area is 169 Å². The van der Waals surface area contributed by atoms with Crippen molar-refractivity contribution >= 4 is 27.5 Å². The van der Waals surface area contributed by atoms with Crippen LogP contribution in [0.3, 0.4) is 0 Å². The van der Waals surface area contributed by atoms with Crippen LogP contribution in [0.1, 0.15) is 42.6 Å². The predicted molar refractivity (Wildman–Crippen MR) is 114 cm³/mol. The molecule has 6 heteroatoms. The van der Waals surface area contributed by atoms with Crippen LogP contribution in [-0.4, -0.2) is 22.1 Å². The van der Waals surface area contributed by atoms with Crippen molar-refractivity contribution in [3.8, 4) is 11.1 Å². The van der Waals surface area contributed by atoms with Crippen LogP contribution in [0.4, 0.5) is 0 Å². The normalized spacial score (nSPS) is 11.8. The molecule has 1 aromatic carbocycles. The van der Waals surface area contributed by atoms with Crippen LogP contribution in [0.25, 0.3) is 21.3 Å².